The number of carbonyl (C=O) groups excluding carboxylic acids is 1. The summed E-state index contributed by atoms with van der Waals surface area (Å²) >= 11 is 3.51. The average molecular weight is 563 g/mol. The molecule has 0 aliphatic heterocycles. The van der Waals surface area contributed by atoms with Gasteiger partial charge in [0.25, 0.3) is 5.56 Å². The van der Waals surface area contributed by atoms with Crippen molar-refractivity contribution in [3.63, 3.8) is 0 Å². The number of methoxy groups -OCH3 is 1. The summed E-state index contributed by atoms with van der Waals surface area (Å²) in [6, 6.07) is 21.4. The Balaban J connectivity index is 1.92. The Morgan fingerprint density at radius 1 is 1.05 bits per heavy atom. The molecule has 1 heterocycles. The molecule has 1 atom stereocenters. The van der Waals surface area contributed by atoms with E-state index in [0.717, 1.165) is 4.47 Å². The van der Waals surface area contributed by atoms with Crippen molar-refractivity contribution in [1.82, 2.24) is 14.5 Å². The number of anilines is 1. The molecule has 4 rings (SSSR count). The van der Waals surface area contributed by atoms with Crippen molar-refractivity contribution in [1.29, 1.82) is 0 Å². The first-order chi connectivity index (χ1) is 17.8. The van der Waals surface area contributed by atoms with Gasteiger partial charge in [-0.25, -0.2) is 9.78 Å². The van der Waals surface area contributed by atoms with Crippen molar-refractivity contribution >= 4 is 38.6 Å². The summed E-state index contributed by atoms with van der Waals surface area (Å²) in [5.74, 6) is 1.22. The van der Waals surface area contributed by atoms with E-state index in [1.807, 2.05) is 73.7 Å². The Bertz CT molecular complexity index is 1470. The average Bonchev–Trinajstić information content (AvgIpc) is 2.90. The van der Waals surface area contributed by atoms with E-state index in [9.17, 15) is 9.59 Å². The number of aromatic nitrogens is 2. The summed E-state index contributed by atoms with van der Waals surface area (Å²) in [5, 5.41) is 3.53. The topological polar surface area (TPSA) is 76.5 Å². The second-order valence-corrected chi connectivity index (χ2v) is 10.0. The lowest BCUT2D eigenvalue weighted by Crippen LogP contribution is -2.42. The molecular weight excluding hydrogens is 532 g/mol. The fourth-order valence-corrected chi connectivity index (χ4v) is 4.84. The van der Waals surface area contributed by atoms with E-state index in [1.165, 1.54) is 0 Å². The Morgan fingerprint density at radius 2 is 1.73 bits per heavy atom. The Morgan fingerprint density at radius 3 is 2.43 bits per heavy atom. The molecule has 7 nitrogen and oxygen atoms in total. The minimum atomic E-state index is -0.480. The highest BCUT2D eigenvalue weighted by atomic mass is 79.9. The zero-order valence-electron chi connectivity index (χ0n) is 21.4. The monoisotopic (exact) mass is 562 g/mol. The van der Waals surface area contributed by atoms with E-state index in [1.54, 1.807) is 22.6 Å². The number of rotatable bonds is 8. The number of fused-ring (bicyclic) bond motifs is 1. The van der Waals surface area contributed by atoms with Gasteiger partial charge in [-0.1, -0.05) is 57.2 Å². The van der Waals surface area contributed by atoms with Gasteiger partial charge in [-0.05, 0) is 64.7 Å². The third-order valence-electron chi connectivity index (χ3n) is 6.13. The first-order valence-corrected chi connectivity index (χ1v) is 13.1. The van der Waals surface area contributed by atoms with Gasteiger partial charge in [0.15, 0.2) is 0 Å². The maximum Gasteiger partial charge on any atom is 0.322 e. The molecule has 4 aromatic rings. The molecule has 0 aliphatic carbocycles. The SMILES string of the molecule is CCC(c1nc2ccccc2c(=O)n1-c1ccccc1OC)N(CC(C)C)C(=O)Nc1ccccc1Br. The highest BCUT2D eigenvalue weighted by Gasteiger charge is 2.30. The van der Waals surface area contributed by atoms with Gasteiger partial charge in [-0.15, -0.1) is 0 Å². The molecule has 0 spiro atoms. The van der Waals surface area contributed by atoms with E-state index >= 15 is 0 Å². The molecule has 1 N–H and O–H groups in total. The van der Waals surface area contributed by atoms with Gasteiger partial charge in [0, 0.05) is 11.0 Å². The van der Waals surface area contributed by atoms with E-state index in [2.05, 4.69) is 35.1 Å². The second kappa shape index (κ2) is 11.6. The number of nitrogens with zero attached hydrogens (tertiary/aromatic N) is 3. The Kier molecular flexibility index (Phi) is 8.28. The predicted molar refractivity (Wildman–Crippen MR) is 152 cm³/mol. The van der Waals surface area contributed by atoms with E-state index in [-0.39, 0.29) is 17.5 Å². The Hall–Kier alpha value is -3.65. The number of amides is 2. The number of halogens is 1. The predicted octanol–water partition coefficient (Wildman–Crippen LogP) is 6.80. The molecule has 192 valence electrons. The maximum absolute atomic E-state index is 13.9. The summed E-state index contributed by atoms with van der Waals surface area (Å²) in [4.78, 5) is 34.4. The normalized spacial score (nSPS) is 11.9. The molecule has 0 aliphatic rings. The van der Waals surface area contributed by atoms with E-state index < -0.39 is 6.04 Å². The second-order valence-electron chi connectivity index (χ2n) is 9.18. The zero-order valence-corrected chi connectivity index (χ0v) is 23.0. The number of nitrogens with one attached hydrogen (secondary N) is 1. The van der Waals surface area contributed by atoms with Crippen molar-refractivity contribution in [3.05, 3.63) is 93.4 Å². The van der Waals surface area contributed by atoms with Crippen LogP contribution >= 0.6 is 15.9 Å². The molecule has 1 unspecified atom stereocenters. The van der Waals surface area contributed by atoms with Crippen LogP contribution in [0.25, 0.3) is 16.6 Å². The fraction of sp³-hybridized carbons (Fsp3) is 0.276. The van der Waals surface area contributed by atoms with Gasteiger partial charge in [0.1, 0.15) is 11.6 Å². The highest BCUT2D eigenvalue weighted by Crippen LogP contribution is 2.31. The first-order valence-electron chi connectivity index (χ1n) is 12.3. The lowest BCUT2D eigenvalue weighted by Gasteiger charge is -2.33. The van der Waals surface area contributed by atoms with Crippen LogP contribution in [0.4, 0.5) is 10.5 Å². The van der Waals surface area contributed by atoms with Crippen LogP contribution in [0.15, 0.2) is 82.1 Å². The third kappa shape index (κ3) is 5.54. The summed E-state index contributed by atoms with van der Waals surface area (Å²) in [6.45, 7) is 6.60. The molecule has 3 aromatic carbocycles. The molecule has 37 heavy (non-hydrogen) atoms. The van der Waals surface area contributed by atoms with Crippen LogP contribution < -0.4 is 15.6 Å². The first kappa shape index (κ1) is 26.4. The molecule has 1 aromatic heterocycles. The van der Waals surface area contributed by atoms with Crippen LogP contribution in [0.5, 0.6) is 5.75 Å². The van der Waals surface area contributed by atoms with Crippen LogP contribution in [-0.4, -0.2) is 34.1 Å². The molecule has 8 heteroatoms. The van der Waals surface area contributed by atoms with Gasteiger partial charge < -0.3 is 15.0 Å². The Labute approximate surface area is 225 Å². The minimum absolute atomic E-state index is 0.186. The number of carbonyl (C=O) groups is 1. The van der Waals surface area contributed by atoms with Crippen molar-refractivity contribution in [3.8, 4) is 11.4 Å². The third-order valence-corrected chi connectivity index (χ3v) is 6.82. The fourth-order valence-electron chi connectivity index (χ4n) is 4.46. The molecule has 0 bridgehead atoms. The van der Waals surface area contributed by atoms with E-state index in [4.69, 9.17) is 9.72 Å². The number of hydrogen-bond donors (Lipinski definition) is 1. The van der Waals surface area contributed by atoms with Crippen molar-refractivity contribution in [2.24, 2.45) is 5.92 Å². The highest BCUT2D eigenvalue weighted by molar-refractivity contribution is 9.10. The smallest absolute Gasteiger partial charge is 0.322 e. The number of benzene rings is 3. The summed E-state index contributed by atoms with van der Waals surface area (Å²) in [5.41, 5.74) is 1.63. The number of ether oxygens (including phenoxy) is 1. The number of para-hydroxylation sites is 4. The van der Waals surface area contributed by atoms with E-state index in [0.29, 0.717) is 46.8 Å². The van der Waals surface area contributed by atoms with Gasteiger partial charge in [-0.2, -0.15) is 0 Å². The van der Waals surface area contributed by atoms with Gasteiger partial charge >= 0.3 is 6.03 Å². The standard InChI is InChI=1S/C29H31BrN4O3/c1-5-24(33(18-19(2)3)29(36)32-23-15-9-7-13-21(23)30)27-31-22-14-8-6-12-20(22)28(35)34(27)25-16-10-11-17-26(25)37-4/h6-17,19,24H,5,18H2,1-4H3,(H,32,36). The quantitative estimate of drug-likeness (QED) is 0.256. The van der Waals surface area contributed by atoms with Crippen molar-refractivity contribution in [2.75, 3.05) is 19.0 Å². The molecule has 0 saturated heterocycles. The van der Waals surface area contributed by atoms with Crippen LogP contribution in [0.3, 0.4) is 0 Å². The lowest BCUT2D eigenvalue weighted by molar-refractivity contribution is 0.171. The molecule has 0 fully saturated rings. The maximum atomic E-state index is 13.9. The number of hydrogen-bond acceptors (Lipinski definition) is 4. The van der Waals surface area contributed by atoms with Crippen LogP contribution in [-0.2, 0) is 0 Å². The van der Waals surface area contributed by atoms with Crippen LogP contribution in [0.1, 0.15) is 39.1 Å². The molecular formula is C29H31BrN4O3. The molecule has 0 saturated carbocycles. The van der Waals surface area contributed by atoms with Crippen molar-refractivity contribution in [2.45, 2.75) is 33.2 Å². The van der Waals surface area contributed by atoms with Gasteiger partial charge in [-0.3, -0.25) is 9.36 Å². The van der Waals surface area contributed by atoms with Crippen molar-refractivity contribution < 1.29 is 9.53 Å². The van der Waals surface area contributed by atoms with Gasteiger partial charge in [0.05, 0.1) is 35.4 Å². The summed E-state index contributed by atoms with van der Waals surface area (Å²) in [6.07, 6.45) is 0.552. The van der Waals surface area contributed by atoms with Crippen LogP contribution in [0, 0.1) is 5.92 Å². The summed E-state index contributed by atoms with van der Waals surface area (Å²) in [7, 11) is 1.57. The summed E-state index contributed by atoms with van der Waals surface area (Å²) < 4.78 is 7.99. The molecule has 2 amide bonds. The van der Waals surface area contributed by atoms with Gasteiger partial charge in [0.2, 0.25) is 0 Å². The van der Waals surface area contributed by atoms with Crippen LogP contribution in [0.2, 0.25) is 0 Å². The molecule has 0 radical (unpaired) electrons. The number of urea groups is 1. The zero-order chi connectivity index (χ0) is 26.5. The lowest BCUT2D eigenvalue weighted by atomic mass is 10.1. The largest absolute Gasteiger partial charge is 0.495 e. The minimum Gasteiger partial charge on any atom is -0.495 e.